The minimum atomic E-state index is -2.13. The Morgan fingerprint density at radius 1 is 0.478 bits per heavy atom. The first-order valence-corrected chi connectivity index (χ1v) is 19.2. The van der Waals surface area contributed by atoms with Crippen LogP contribution < -0.4 is 15.9 Å². The minimum absolute atomic E-state index is 0.446. The van der Waals surface area contributed by atoms with Crippen LogP contribution >= 0.6 is 34.7 Å². The second-order valence-electron chi connectivity index (χ2n) is 4.56. The van der Waals surface area contributed by atoms with Crippen LogP contribution in [0.1, 0.15) is 0 Å². The number of hydrogen-bond donors (Lipinski definition) is 0. The molecule has 3 rings (SSSR count). The van der Waals surface area contributed by atoms with Gasteiger partial charge in [-0.15, -0.1) is 0 Å². The third-order valence-electron chi connectivity index (χ3n) is 3.04. The Morgan fingerprint density at radius 2 is 0.696 bits per heavy atom. The monoisotopic (exact) mass is 487 g/mol. The quantitative estimate of drug-likeness (QED) is 0.355. The standard InChI is InChI=1S/C18H15P.3ClH.Sn/c1-4-10-16(11-5-1)19(17-12-6-2-7-13-17)18-14-8-3-9-15-18;;;;/h1-15H;3*1H;/q;;;;+3/p-3. The number of halogens is 3. The van der Waals surface area contributed by atoms with Crippen LogP contribution in [0.15, 0.2) is 91.0 Å². The van der Waals surface area contributed by atoms with Crippen molar-refractivity contribution in [1.82, 2.24) is 0 Å². The first kappa shape index (κ1) is 19.1. The largest absolute Gasteiger partial charge is 0.0622 e. The van der Waals surface area contributed by atoms with Crippen LogP contribution in [0.5, 0.6) is 0 Å². The summed E-state index contributed by atoms with van der Waals surface area (Å²) in [5, 5.41) is 4.19. The van der Waals surface area contributed by atoms with Crippen LogP contribution in [0.3, 0.4) is 0 Å². The fourth-order valence-electron chi connectivity index (χ4n) is 2.18. The summed E-state index contributed by atoms with van der Waals surface area (Å²) < 4.78 is 0. The van der Waals surface area contributed by atoms with Gasteiger partial charge >= 0.3 is 43.1 Å². The molecule has 0 aliphatic heterocycles. The van der Waals surface area contributed by atoms with Crippen LogP contribution in [-0.2, 0) is 0 Å². The van der Waals surface area contributed by atoms with E-state index in [1.807, 2.05) is 0 Å². The van der Waals surface area contributed by atoms with Crippen molar-refractivity contribution in [1.29, 1.82) is 0 Å². The zero-order valence-electron chi connectivity index (χ0n) is 12.2. The molecule has 0 aliphatic carbocycles. The maximum atomic E-state index is 5.00. The van der Waals surface area contributed by atoms with Gasteiger partial charge in [-0.3, -0.25) is 0 Å². The van der Waals surface area contributed by atoms with Crippen LogP contribution in [-0.4, -0.2) is 16.4 Å². The molecule has 0 amide bonds. The summed E-state index contributed by atoms with van der Waals surface area (Å²) in [6.07, 6.45) is 0. The predicted molar refractivity (Wildman–Crippen MR) is 108 cm³/mol. The Hall–Kier alpha value is -0.241. The van der Waals surface area contributed by atoms with Gasteiger partial charge < -0.3 is 0 Å². The molecule has 3 aromatic carbocycles. The number of benzene rings is 3. The summed E-state index contributed by atoms with van der Waals surface area (Å²) in [5.41, 5.74) is 0. The first-order valence-electron chi connectivity index (χ1n) is 6.97. The fourth-order valence-corrected chi connectivity index (χ4v) is 4.48. The second-order valence-corrected chi connectivity index (χ2v) is 19.5. The van der Waals surface area contributed by atoms with Gasteiger partial charge in [0.2, 0.25) is 0 Å². The van der Waals surface area contributed by atoms with Gasteiger partial charge in [0.25, 0.3) is 0 Å². The molecule has 0 heterocycles. The molecular weight excluding hydrogens is 472 g/mol. The van der Waals surface area contributed by atoms with Gasteiger partial charge in [0.15, 0.2) is 0 Å². The Morgan fingerprint density at radius 3 is 0.913 bits per heavy atom. The van der Waals surface area contributed by atoms with E-state index in [0.29, 0.717) is 0 Å². The third-order valence-corrected chi connectivity index (χ3v) is 5.49. The Bertz CT molecular complexity index is 582. The van der Waals surface area contributed by atoms with E-state index in [1.54, 1.807) is 0 Å². The van der Waals surface area contributed by atoms with E-state index in [0.717, 1.165) is 0 Å². The van der Waals surface area contributed by atoms with Crippen molar-refractivity contribution in [2.45, 2.75) is 0 Å². The average Bonchev–Trinajstić information content (AvgIpc) is 2.58. The average molecular weight is 487 g/mol. The van der Waals surface area contributed by atoms with Gasteiger partial charge in [-0.2, -0.15) is 0 Å². The van der Waals surface area contributed by atoms with E-state index in [2.05, 4.69) is 91.0 Å². The summed E-state index contributed by atoms with van der Waals surface area (Å²) >= 11 is -2.13. The summed E-state index contributed by atoms with van der Waals surface area (Å²) in [5.74, 6) is 0. The summed E-state index contributed by atoms with van der Waals surface area (Å²) in [7, 11) is 14.6. The minimum Gasteiger partial charge on any atom is -0.0622 e. The zero-order valence-corrected chi connectivity index (χ0v) is 18.3. The van der Waals surface area contributed by atoms with Crippen molar-refractivity contribution < 1.29 is 0 Å². The SMILES string of the molecule is [Cl][Sn]([Cl])[Cl].c1ccc(P(c2ccccc2)c2ccccc2)cc1. The van der Waals surface area contributed by atoms with Crippen LogP contribution in [0.25, 0.3) is 0 Å². The molecule has 0 aliphatic rings. The van der Waals surface area contributed by atoms with E-state index in [9.17, 15) is 0 Å². The van der Waals surface area contributed by atoms with E-state index < -0.39 is 24.3 Å². The molecule has 0 spiro atoms. The second kappa shape index (κ2) is 10.6. The van der Waals surface area contributed by atoms with Crippen molar-refractivity contribution in [3.05, 3.63) is 91.0 Å². The topological polar surface area (TPSA) is 0 Å². The molecule has 0 atom stereocenters. The molecule has 0 N–H and O–H groups in total. The Labute approximate surface area is 157 Å². The molecular formula is C18H15Cl3PSn. The smallest absolute Gasteiger partial charge is 0.0134 e. The van der Waals surface area contributed by atoms with Gasteiger partial charge in [0, 0.05) is 0 Å². The Balaban J connectivity index is 0.000000433. The number of hydrogen-bond acceptors (Lipinski definition) is 0. The van der Waals surface area contributed by atoms with Gasteiger partial charge in [-0.05, 0) is 23.8 Å². The maximum Gasteiger partial charge on any atom is -0.0134 e. The molecule has 3 aromatic rings. The fraction of sp³-hybridized carbons (Fsp3) is 0. The van der Waals surface area contributed by atoms with Crippen molar-refractivity contribution >= 4 is 67.0 Å². The molecule has 0 aromatic heterocycles. The molecule has 0 fully saturated rings. The third kappa shape index (κ3) is 6.64. The van der Waals surface area contributed by atoms with E-state index in [1.165, 1.54) is 15.9 Å². The number of rotatable bonds is 3. The van der Waals surface area contributed by atoms with Crippen molar-refractivity contribution in [3.8, 4) is 0 Å². The first-order chi connectivity index (χ1) is 11.2. The van der Waals surface area contributed by atoms with Gasteiger partial charge in [0.1, 0.15) is 0 Å². The summed E-state index contributed by atoms with van der Waals surface area (Å²) in [6, 6.07) is 32.3. The molecule has 5 heteroatoms. The van der Waals surface area contributed by atoms with Crippen molar-refractivity contribution in [3.63, 3.8) is 0 Å². The molecule has 117 valence electrons. The molecule has 0 unspecified atom stereocenters. The molecule has 23 heavy (non-hydrogen) atoms. The van der Waals surface area contributed by atoms with Gasteiger partial charge in [-0.1, -0.05) is 91.0 Å². The Kier molecular flexibility index (Phi) is 8.79. The summed E-state index contributed by atoms with van der Waals surface area (Å²) in [6.45, 7) is 0. The van der Waals surface area contributed by atoms with Crippen LogP contribution in [0, 0.1) is 0 Å². The van der Waals surface area contributed by atoms with E-state index >= 15 is 0 Å². The van der Waals surface area contributed by atoms with Gasteiger partial charge in [0.05, 0.1) is 0 Å². The molecule has 0 saturated carbocycles. The zero-order chi connectivity index (χ0) is 16.5. The van der Waals surface area contributed by atoms with Crippen molar-refractivity contribution in [2.75, 3.05) is 0 Å². The van der Waals surface area contributed by atoms with Gasteiger partial charge in [-0.25, -0.2) is 0 Å². The van der Waals surface area contributed by atoms with E-state index in [4.69, 9.17) is 26.8 Å². The molecule has 1 radical (unpaired) electrons. The van der Waals surface area contributed by atoms with Crippen molar-refractivity contribution in [2.24, 2.45) is 0 Å². The van der Waals surface area contributed by atoms with E-state index in [-0.39, 0.29) is 0 Å². The predicted octanol–water partition coefficient (Wildman–Crippen LogP) is 5.13. The van der Waals surface area contributed by atoms with Crippen LogP contribution in [0.4, 0.5) is 0 Å². The normalized spacial score (nSPS) is 10.3. The molecule has 0 bridgehead atoms. The molecule has 0 nitrogen and oxygen atoms in total. The molecule has 0 saturated heterocycles. The maximum absolute atomic E-state index is 5.00. The van der Waals surface area contributed by atoms with Crippen LogP contribution in [0.2, 0.25) is 0 Å². The summed E-state index contributed by atoms with van der Waals surface area (Å²) in [4.78, 5) is 0.